The van der Waals surface area contributed by atoms with Crippen molar-refractivity contribution in [1.82, 2.24) is 5.32 Å². The Bertz CT molecular complexity index is 1390. The standard InChI is InChI=1S/C27H30ClF3N2O6S/c1-14(13-39-2)32-24(34)12-27(36)16-4-5-17(27)9-19(8-16)40(37,38)23-7-15(3-6-20(23)28)26(35)33-18-10-21(29)25(31)22(30)11-18/h3,6-7,10-11,14,16-17,19,36H,4-5,8-9,12-13H2,1-2H3,(H,32,34)(H,33,35)/t14-,16?,17?,19-,27-/m1/s1. The number of amides is 2. The Morgan fingerprint density at radius 3 is 2.30 bits per heavy atom. The fourth-order valence-electron chi connectivity index (χ4n) is 5.90. The summed E-state index contributed by atoms with van der Waals surface area (Å²) in [6.07, 6.45) is 1.20. The third-order valence-corrected chi connectivity index (χ3v) is 10.5. The number of fused-ring (bicyclic) bond motifs is 2. The number of benzene rings is 2. The van der Waals surface area contributed by atoms with E-state index in [4.69, 9.17) is 16.3 Å². The average molecular weight is 603 g/mol. The summed E-state index contributed by atoms with van der Waals surface area (Å²) in [5.41, 5.74) is -1.84. The van der Waals surface area contributed by atoms with Crippen LogP contribution in [0.4, 0.5) is 18.9 Å². The normalized spacial score (nSPS) is 24.9. The van der Waals surface area contributed by atoms with Gasteiger partial charge >= 0.3 is 0 Å². The Morgan fingerprint density at radius 2 is 1.73 bits per heavy atom. The van der Waals surface area contributed by atoms with Crippen LogP contribution in [-0.4, -0.2) is 55.9 Å². The Labute approximate surface area is 235 Å². The molecule has 2 fully saturated rings. The van der Waals surface area contributed by atoms with Crippen molar-refractivity contribution in [3.05, 3.63) is 58.4 Å². The highest BCUT2D eigenvalue weighted by Crippen LogP contribution is 2.53. The summed E-state index contributed by atoms with van der Waals surface area (Å²) in [6.45, 7) is 2.09. The smallest absolute Gasteiger partial charge is 0.255 e. The van der Waals surface area contributed by atoms with E-state index >= 15 is 0 Å². The summed E-state index contributed by atoms with van der Waals surface area (Å²) in [6, 6.07) is 4.51. The fourth-order valence-corrected chi connectivity index (χ4v) is 8.30. The van der Waals surface area contributed by atoms with Crippen molar-refractivity contribution in [1.29, 1.82) is 0 Å². The van der Waals surface area contributed by atoms with Crippen LogP contribution in [0.2, 0.25) is 5.02 Å². The van der Waals surface area contributed by atoms with E-state index in [0.717, 1.165) is 6.07 Å². The molecule has 0 aliphatic heterocycles. The zero-order chi connectivity index (χ0) is 29.4. The number of ether oxygens (including phenoxy) is 1. The van der Waals surface area contributed by atoms with Crippen molar-refractivity contribution in [2.75, 3.05) is 19.0 Å². The van der Waals surface area contributed by atoms with Crippen LogP contribution in [0, 0.1) is 29.3 Å². The van der Waals surface area contributed by atoms with Gasteiger partial charge in [0.15, 0.2) is 27.3 Å². The molecule has 3 atom stereocenters. The Kier molecular flexibility index (Phi) is 8.84. The van der Waals surface area contributed by atoms with E-state index in [2.05, 4.69) is 10.6 Å². The molecule has 2 unspecified atom stereocenters. The molecule has 2 aromatic carbocycles. The number of halogens is 4. The predicted octanol–water partition coefficient (Wildman–Crippen LogP) is 4.24. The number of hydrogen-bond acceptors (Lipinski definition) is 6. The third kappa shape index (κ3) is 6.00. The van der Waals surface area contributed by atoms with Gasteiger partial charge in [-0.2, -0.15) is 0 Å². The minimum absolute atomic E-state index is 0.108. The first-order chi connectivity index (χ1) is 18.8. The molecule has 8 nitrogen and oxygen atoms in total. The van der Waals surface area contributed by atoms with E-state index in [1.165, 1.54) is 19.2 Å². The van der Waals surface area contributed by atoms with Crippen molar-refractivity contribution in [2.45, 2.75) is 60.8 Å². The van der Waals surface area contributed by atoms with Crippen LogP contribution in [0.3, 0.4) is 0 Å². The summed E-state index contributed by atoms with van der Waals surface area (Å²) in [5.74, 6) is -6.76. The molecule has 0 heterocycles. The van der Waals surface area contributed by atoms with Gasteiger partial charge in [-0.3, -0.25) is 9.59 Å². The van der Waals surface area contributed by atoms with Crippen LogP contribution in [0.1, 0.15) is 49.4 Å². The number of rotatable bonds is 9. The second-order valence-electron chi connectivity index (χ2n) is 10.6. The molecule has 2 aliphatic carbocycles. The first kappa shape index (κ1) is 30.3. The summed E-state index contributed by atoms with van der Waals surface area (Å²) < 4.78 is 72.8. The summed E-state index contributed by atoms with van der Waals surface area (Å²) >= 11 is 6.25. The lowest BCUT2D eigenvalue weighted by molar-refractivity contribution is -0.133. The van der Waals surface area contributed by atoms with Crippen LogP contribution in [0.25, 0.3) is 0 Å². The summed E-state index contributed by atoms with van der Waals surface area (Å²) in [5, 5.41) is 15.4. The largest absolute Gasteiger partial charge is 0.389 e. The lowest BCUT2D eigenvalue weighted by atomic mass is 9.72. The summed E-state index contributed by atoms with van der Waals surface area (Å²) in [7, 11) is -2.57. The van der Waals surface area contributed by atoms with Crippen molar-refractivity contribution >= 4 is 38.9 Å². The fraction of sp³-hybridized carbons (Fsp3) is 0.481. The minimum atomic E-state index is -4.08. The van der Waals surface area contributed by atoms with Crippen LogP contribution in [-0.2, 0) is 19.4 Å². The number of methoxy groups -OCH3 is 1. The maximum Gasteiger partial charge on any atom is 0.255 e. The molecule has 4 rings (SSSR count). The van der Waals surface area contributed by atoms with Gasteiger partial charge in [0.05, 0.1) is 33.8 Å². The van der Waals surface area contributed by atoms with Crippen molar-refractivity contribution in [3.63, 3.8) is 0 Å². The highest BCUT2D eigenvalue weighted by atomic mass is 35.5. The number of carbonyl (C=O) groups excluding carboxylic acids is 2. The lowest BCUT2D eigenvalue weighted by Crippen LogP contribution is -2.51. The summed E-state index contributed by atoms with van der Waals surface area (Å²) in [4.78, 5) is 25.0. The van der Waals surface area contributed by atoms with Gasteiger partial charge in [-0.15, -0.1) is 0 Å². The molecule has 2 amide bonds. The Morgan fingerprint density at radius 1 is 1.12 bits per heavy atom. The number of nitrogens with one attached hydrogen (secondary N) is 2. The topological polar surface area (TPSA) is 122 Å². The van der Waals surface area contributed by atoms with Crippen molar-refractivity contribution in [3.8, 4) is 0 Å². The van der Waals surface area contributed by atoms with E-state index in [0.29, 0.717) is 31.6 Å². The minimum Gasteiger partial charge on any atom is -0.389 e. The molecule has 2 aliphatic rings. The highest BCUT2D eigenvalue weighted by Gasteiger charge is 2.56. The number of sulfone groups is 1. The molecule has 2 saturated carbocycles. The van der Waals surface area contributed by atoms with Crippen molar-refractivity contribution in [2.24, 2.45) is 11.8 Å². The second kappa shape index (κ2) is 11.7. The van der Waals surface area contributed by atoms with Crippen LogP contribution in [0.15, 0.2) is 35.2 Å². The molecule has 13 heteroatoms. The molecule has 0 spiro atoms. The predicted molar refractivity (Wildman–Crippen MR) is 141 cm³/mol. The zero-order valence-corrected chi connectivity index (χ0v) is 23.4. The molecule has 0 aromatic heterocycles. The number of carbonyl (C=O) groups is 2. The Hall–Kier alpha value is -2.67. The van der Waals surface area contributed by atoms with E-state index in [1.807, 2.05) is 0 Å². The highest BCUT2D eigenvalue weighted by molar-refractivity contribution is 7.92. The number of hydrogen-bond donors (Lipinski definition) is 3. The van der Waals surface area contributed by atoms with Crippen LogP contribution >= 0.6 is 11.6 Å². The van der Waals surface area contributed by atoms with Gasteiger partial charge in [-0.25, -0.2) is 21.6 Å². The van der Waals surface area contributed by atoms with Gasteiger partial charge in [0.1, 0.15) is 0 Å². The van der Waals surface area contributed by atoms with Gasteiger partial charge in [-0.05, 0) is 62.6 Å². The maximum absolute atomic E-state index is 13.7. The first-order valence-corrected chi connectivity index (χ1v) is 14.7. The molecule has 40 heavy (non-hydrogen) atoms. The quantitative estimate of drug-likeness (QED) is 0.369. The van der Waals surface area contributed by atoms with Crippen LogP contribution in [0.5, 0.6) is 0 Å². The Balaban J connectivity index is 1.51. The van der Waals surface area contributed by atoms with Gasteiger partial charge in [0, 0.05) is 36.5 Å². The second-order valence-corrected chi connectivity index (χ2v) is 13.2. The molecule has 2 aromatic rings. The van der Waals surface area contributed by atoms with E-state index < -0.39 is 55.9 Å². The van der Waals surface area contributed by atoms with Gasteiger partial charge in [-0.1, -0.05) is 11.6 Å². The number of anilines is 1. The number of aliphatic hydroxyl groups is 1. The SMILES string of the molecule is COC[C@@H](C)NC(=O)C[C@]1(O)C2CCC1C[C@@H](S(=O)(=O)c1cc(C(=O)Nc3cc(F)c(F)c(F)c3)ccc1Cl)C2. The molecule has 0 saturated heterocycles. The zero-order valence-electron chi connectivity index (χ0n) is 21.8. The lowest BCUT2D eigenvalue weighted by Gasteiger charge is -2.42. The van der Waals surface area contributed by atoms with E-state index in [1.54, 1.807) is 6.92 Å². The van der Waals surface area contributed by atoms with E-state index in [9.17, 15) is 36.3 Å². The monoisotopic (exact) mass is 602 g/mol. The maximum atomic E-state index is 13.7. The molecule has 218 valence electrons. The molecule has 2 bridgehead atoms. The van der Waals surface area contributed by atoms with E-state index in [-0.39, 0.29) is 52.4 Å². The molecule has 0 radical (unpaired) electrons. The molecular weight excluding hydrogens is 573 g/mol. The van der Waals surface area contributed by atoms with Gasteiger partial charge < -0.3 is 20.5 Å². The molecule has 3 N–H and O–H groups in total. The van der Waals surface area contributed by atoms with Gasteiger partial charge in [0.25, 0.3) is 5.91 Å². The average Bonchev–Trinajstić information content (AvgIpc) is 3.03. The van der Waals surface area contributed by atoms with Gasteiger partial charge in [0.2, 0.25) is 5.91 Å². The van der Waals surface area contributed by atoms with Crippen molar-refractivity contribution < 1.29 is 41.0 Å². The molecular formula is C27H30ClF3N2O6S. The van der Waals surface area contributed by atoms with Crippen LogP contribution < -0.4 is 10.6 Å². The first-order valence-electron chi connectivity index (χ1n) is 12.8. The third-order valence-electron chi connectivity index (χ3n) is 7.82.